The third-order valence-electron chi connectivity index (χ3n) is 3.08. The summed E-state index contributed by atoms with van der Waals surface area (Å²) in [6.45, 7) is 4.19. The van der Waals surface area contributed by atoms with Gasteiger partial charge in [-0.3, -0.25) is 0 Å². The van der Waals surface area contributed by atoms with Crippen molar-refractivity contribution in [3.63, 3.8) is 0 Å². The molecule has 2 rings (SSSR count). The van der Waals surface area contributed by atoms with Crippen molar-refractivity contribution in [1.82, 2.24) is 4.98 Å². The van der Waals surface area contributed by atoms with E-state index in [0.717, 1.165) is 28.7 Å². The Bertz CT molecular complexity index is 540. The van der Waals surface area contributed by atoms with Crippen molar-refractivity contribution in [3.8, 4) is 0 Å². The average Bonchev–Trinajstić information content (AvgIpc) is 2.92. The molecular weight excluding hydrogens is 322 g/mol. The van der Waals surface area contributed by atoms with E-state index in [0.29, 0.717) is 11.7 Å². The molecule has 0 amide bonds. The quantitative estimate of drug-likeness (QED) is 0.826. The molecule has 3 N–H and O–H groups in total. The highest BCUT2D eigenvalue weighted by Gasteiger charge is 2.15. The van der Waals surface area contributed by atoms with Crippen LogP contribution in [0, 0.1) is 6.92 Å². The highest BCUT2D eigenvalue weighted by Crippen LogP contribution is 2.32. The normalized spacial score (nSPS) is 12.4. The van der Waals surface area contributed by atoms with Gasteiger partial charge in [-0.05, 0) is 46.3 Å². The molecule has 0 saturated heterocycles. The monoisotopic (exact) mass is 339 g/mol. The molecule has 102 valence electrons. The average molecular weight is 340 g/mol. The Morgan fingerprint density at radius 3 is 2.95 bits per heavy atom. The number of nitrogens with zero attached hydrogens (tertiary/aromatic N) is 1. The largest absolute Gasteiger partial charge is 0.397 e. The summed E-state index contributed by atoms with van der Waals surface area (Å²) < 4.78 is 0.949. The molecule has 2 aromatic rings. The number of nitrogens with one attached hydrogen (secondary N) is 1. The van der Waals surface area contributed by atoms with Crippen LogP contribution in [0.2, 0.25) is 0 Å². The smallest absolute Gasteiger partial charge is 0.141 e. The minimum absolute atomic E-state index is 0.303. The summed E-state index contributed by atoms with van der Waals surface area (Å²) in [4.78, 5) is 5.73. The van der Waals surface area contributed by atoms with Crippen LogP contribution in [0.25, 0.3) is 0 Å². The summed E-state index contributed by atoms with van der Waals surface area (Å²) in [5.74, 6) is 0.860. The number of nitrogens with two attached hydrogens (primary N) is 1. The zero-order chi connectivity index (χ0) is 13.8. The highest BCUT2D eigenvalue weighted by atomic mass is 79.9. The van der Waals surface area contributed by atoms with Gasteiger partial charge in [0.2, 0.25) is 0 Å². The van der Waals surface area contributed by atoms with E-state index in [1.807, 2.05) is 6.92 Å². The summed E-state index contributed by atoms with van der Waals surface area (Å²) in [5, 5.41) is 5.62. The first-order valence-electron chi connectivity index (χ1n) is 6.34. The van der Waals surface area contributed by atoms with Gasteiger partial charge < -0.3 is 11.1 Å². The summed E-state index contributed by atoms with van der Waals surface area (Å²) in [6, 6.07) is 4.55. The van der Waals surface area contributed by atoms with E-state index in [9.17, 15) is 0 Å². The Morgan fingerprint density at radius 2 is 2.32 bits per heavy atom. The van der Waals surface area contributed by atoms with Crippen LogP contribution in [0.4, 0.5) is 11.5 Å². The number of hydrogen-bond donors (Lipinski definition) is 2. The van der Waals surface area contributed by atoms with Gasteiger partial charge in [0.05, 0.1) is 22.4 Å². The van der Waals surface area contributed by atoms with Crippen molar-refractivity contribution in [2.45, 2.75) is 32.7 Å². The number of rotatable bonds is 5. The third kappa shape index (κ3) is 3.28. The molecule has 3 nitrogen and oxygen atoms in total. The fourth-order valence-corrected chi connectivity index (χ4v) is 3.18. The first kappa shape index (κ1) is 14.3. The van der Waals surface area contributed by atoms with E-state index in [-0.39, 0.29) is 0 Å². The molecule has 1 unspecified atom stereocenters. The molecule has 0 aromatic carbocycles. The maximum absolute atomic E-state index is 5.86. The lowest BCUT2D eigenvalue weighted by Gasteiger charge is -2.19. The molecule has 1 atom stereocenters. The second kappa shape index (κ2) is 6.39. The maximum atomic E-state index is 5.86. The van der Waals surface area contributed by atoms with Crippen molar-refractivity contribution in [2.24, 2.45) is 0 Å². The van der Waals surface area contributed by atoms with Gasteiger partial charge in [-0.15, -0.1) is 11.3 Å². The standard InChI is InChI=1S/C14H18BrN3S/c1-3-5-11(12-6-4-7-19-12)18-14-13(15)9(2)10(16)8-17-14/h4,6-8,11H,3,5,16H2,1-2H3,(H,17,18). The molecule has 5 heteroatoms. The number of hydrogen-bond acceptors (Lipinski definition) is 4. The van der Waals surface area contributed by atoms with Gasteiger partial charge in [-0.1, -0.05) is 19.4 Å². The van der Waals surface area contributed by atoms with Crippen LogP contribution >= 0.6 is 27.3 Å². The SMILES string of the molecule is CCCC(Nc1ncc(N)c(C)c1Br)c1cccs1. The van der Waals surface area contributed by atoms with Gasteiger partial charge in [-0.2, -0.15) is 0 Å². The van der Waals surface area contributed by atoms with Crippen LogP contribution < -0.4 is 11.1 Å². The van der Waals surface area contributed by atoms with E-state index >= 15 is 0 Å². The second-order valence-corrected chi connectivity index (χ2v) is 6.27. The first-order valence-corrected chi connectivity index (χ1v) is 8.01. The van der Waals surface area contributed by atoms with Crippen LogP contribution in [0.3, 0.4) is 0 Å². The van der Waals surface area contributed by atoms with E-state index in [4.69, 9.17) is 5.73 Å². The number of anilines is 2. The molecule has 0 aliphatic rings. The van der Waals surface area contributed by atoms with Crippen molar-refractivity contribution in [2.75, 3.05) is 11.1 Å². The zero-order valence-electron chi connectivity index (χ0n) is 11.1. The predicted molar refractivity (Wildman–Crippen MR) is 86.7 cm³/mol. The van der Waals surface area contributed by atoms with Crippen molar-refractivity contribution >= 4 is 38.8 Å². The predicted octanol–water partition coefficient (Wildman–Crippen LogP) is 4.75. The molecule has 0 saturated carbocycles. The molecule has 0 spiro atoms. The highest BCUT2D eigenvalue weighted by molar-refractivity contribution is 9.10. The number of pyridine rings is 1. The zero-order valence-corrected chi connectivity index (χ0v) is 13.5. The Hall–Kier alpha value is -1.07. The molecule has 0 fully saturated rings. The van der Waals surface area contributed by atoms with Gasteiger partial charge in [0.25, 0.3) is 0 Å². The fourth-order valence-electron chi connectivity index (χ4n) is 1.92. The van der Waals surface area contributed by atoms with Crippen LogP contribution in [0.1, 0.15) is 36.2 Å². The maximum Gasteiger partial charge on any atom is 0.141 e. The van der Waals surface area contributed by atoms with E-state index in [2.05, 4.69) is 50.7 Å². The van der Waals surface area contributed by atoms with E-state index < -0.39 is 0 Å². The second-order valence-electron chi connectivity index (χ2n) is 4.50. The van der Waals surface area contributed by atoms with E-state index in [1.165, 1.54) is 4.88 Å². The molecule has 2 heterocycles. The fraction of sp³-hybridized carbons (Fsp3) is 0.357. The Kier molecular flexibility index (Phi) is 4.82. The molecule has 19 heavy (non-hydrogen) atoms. The number of halogens is 1. The summed E-state index contributed by atoms with van der Waals surface area (Å²) >= 11 is 5.35. The minimum Gasteiger partial charge on any atom is -0.397 e. The Balaban J connectivity index is 2.25. The lowest BCUT2D eigenvalue weighted by Crippen LogP contribution is -2.11. The van der Waals surface area contributed by atoms with Crippen LogP contribution in [-0.2, 0) is 0 Å². The van der Waals surface area contributed by atoms with Crippen molar-refractivity contribution in [1.29, 1.82) is 0 Å². The topological polar surface area (TPSA) is 50.9 Å². The number of thiophene rings is 1. The Morgan fingerprint density at radius 1 is 1.53 bits per heavy atom. The van der Waals surface area contributed by atoms with Gasteiger partial charge in [-0.25, -0.2) is 4.98 Å². The molecule has 0 aliphatic carbocycles. The minimum atomic E-state index is 0.303. The van der Waals surface area contributed by atoms with Gasteiger partial charge in [0.1, 0.15) is 5.82 Å². The Labute approximate surface area is 126 Å². The van der Waals surface area contributed by atoms with Crippen LogP contribution in [-0.4, -0.2) is 4.98 Å². The summed E-state index contributed by atoms with van der Waals surface area (Å²) in [5.41, 5.74) is 7.59. The molecule has 2 aromatic heterocycles. The molecule has 0 bridgehead atoms. The van der Waals surface area contributed by atoms with Crippen molar-refractivity contribution in [3.05, 3.63) is 38.6 Å². The number of nitrogen functional groups attached to an aromatic ring is 1. The van der Waals surface area contributed by atoms with E-state index in [1.54, 1.807) is 17.5 Å². The first-order chi connectivity index (χ1) is 9.13. The van der Waals surface area contributed by atoms with Gasteiger partial charge in [0.15, 0.2) is 0 Å². The van der Waals surface area contributed by atoms with Crippen LogP contribution in [0.15, 0.2) is 28.2 Å². The molecular formula is C14H18BrN3S. The van der Waals surface area contributed by atoms with Crippen LogP contribution in [0.5, 0.6) is 0 Å². The van der Waals surface area contributed by atoms with Gasteiger partial charge in [0, 0.05) is 4.88 Å². The van der Waals surface area contributed by atoms with Gasteiger partial charge >= 0.3 is 0 Å². The lowest BCUT2D eigenvalue weighted by molar-refractivity contribution is 0.684. The summed E-state index contributed by atoms with van der Waals surface area (Å²) in [6.07, 6.45) is 3.92. The molecule has 0 radical (unpaired) electrons. The summed E-state index contributed by atoms with van der Waals surface area (Å²) in [7, 11) is 0. The molecule has 0 aliphatic heterocycles. The number of aromatic nitrogens is 1. The third-order valence-corrected chi connectivity index (χ3v) is 5.03. The lowest BCUT2D eigenvalue weighted by atomic mass is 10.1. The van der Waals surface area contributed by atoms with Crippen molar-refractivity contribution < 1.29 is 0 Å².